The standard InChI is InChI=1S/C18H12N2O2S2/c1-21-17-5-3-15(23-17)13-7-11(9-19)12(10-20)8-14(13)16-4-6-18(22-2)24-16/h3-8H,1-2H3. The summed E-state index contributed by atoms with van der Waals surface area (Å²) in [7, 11) is 3.25. The molecule has 0 saturated heterocycles. The largest absolute Gasteiger partial charge is 0.487 e. The quantitative estimate of drug-likeness (QED) is 0.669. The molecule has 0 aliphatic carbocycles. The summed E-state index contributed by atoms with van der Waals surface area (Å²) in [5, 5.41) is 20.3. The van der Waals surface area contributed by atoms with E-state index in [1.54, 1.807) is 26.4 Å². The Morgan fingerprint density at radius 2 is 1.17 bits per heavy atom. The van der Waals surface area contributed by atoms with Gasteiger partial charge in [0.25, 0.3) is 0 Å². The Bertz CT molecular complexity index is 895. The van der Waals surface area contributed by atoms with E-state index >= 15 is 0 Å². The molecular formula is C18H12N2O2S2. The molecule has 0 N–H and O–H groups in total. The van der Waals surface area contributed by atoms with Crippen LogP contribution in [0.2, 0.25) is 0 Å². The lowest BCUT2D eigenvalue weighted by molar-refractivity contribution is 0.427. The number of nitrogens with zero attached hydrogens (tertiary/aromatic N) is 2. The van der Waals surface area contributed by atoms with Crippen LogP contribution in [0.4, 0.5) is 0 Å². The van der Waals surface area contributed by atoms with Gasteiger partial charge >= 0.3 is 0 Å². The van der Waals surface area contributed by atoms with Crippen LogP contribution in [0.15, 0.2) is 36.4 Å². The maximum absolute atomic E-state index is 9.34. The molecule has 0 bridgehead atoms. The lowest BCUT2D eigenvalue weighted by Gasteiger charge is -2.08. The Kier molecular flexibility index (Phi) is 4.52. The molecule has 0 atom stereocenters. The number of thiophene rings is 2. The number of hydrogen-bond acceptors (Lipinski definition) is 6. The molecule has 0 fully saturated rings. The first-order valence-electron chi connectivity index (χ1n) is 6.96. The average molecular weight is 352 g/mol. The molecule has 4 nitrogen and oxygen atoms in total. The first-order valence-corrected chi connectivity index (χ1v) is 8.60. The van der Waals surface area contributed by atoms with Crippen molar-refractivity contribution in [3.05, 3.63) is 47.5 Å². The first-order chi connectivity index (χ1) is 11.7. The Morgan fingerprint density at radius 1 is 0.750 bits per heavy atom. The zero-order valence-electron chi connectivity index (χ0n) is 13.0. The summed E-state index contributed by atoms with van der Waals surface area (Å²) in [6, 6.07) is 15.4. The third-order valence-electron chi connectivity index (χ3n) is 3.49. The molecule has 6 heteroatoms. The minimum absolute atomic E-state index is 0.368. The van der Waals surface area contributed by atoms with Crippen molar-refractivity contribution in [2.45, 2.75) is 0 Å². The summed E-state index contributed by atoms with van der Waals surface area (Å²) in [5.41, 5.74) is 2.55. The predicted molar refractivity (Wildman–Crippen MR) is 95.6 cm³/mol. The van der Waals surface area contributed by atoms with Gasteiger partial charge in [-0.2, -0.15) is 10.5 Å². The maximum atomic E-state index is 9.34. The monoisotopic (exact) mass is 352 g/mol. The van der Waals surface area contributed by atoms with Crippen molar-refractivity contribution in [1.82, 2.24) is 0 Å². The van der Waals surface area contributed by atoms with Crippen LogP contribution in [-0.4, -0.2) is 14.2 Å². The maximum Gasteiger partial charge on any atom is 0.173 e. The van der Waals surface area contributed by atoms with Crippen molar-refractivity contribution < 1.29 is 9.47 Å². The van der Waals surface area contributed by atoms with E-state index in [9.17, 15) is 10.5 Å². The smallest absolute Gasteiger partial charge is 0.173 e. The fourth-order valence-corrected chi connectivity index (χ4v) is 4.04. The van der Waals surface area contributed by atoms with Gasteiger partial charge in [0.15, 0.2) is 10.1 Å². The molecule has 0 aliphatic heterocycles. The van der Waals surface area contributed by atoms with E-state index in [1.165, 1.54) is 22.7 Å². The van der Waals surface area contributed by atoms with Gasteiger partial charge in [-0.3, -0.25) is 0 Å². The summed E-state index contributed by atoms with van der Waals surface area (Å²) < 4.78 is 10.5. The highest BCUT2D eigenvalue weighted by atomic mass is 32.1. The highest BCUT2D eigenvalue weighted by molar-refractivity contribution is 7.18. The van der Waals surface area contributed by atoms with Crippen LogP contribution in [0.25, 0.3) is 20.9 Å². The van der Waals surface area contributed by atoms with Gasteiger partial charge in [0.05, 0.1) is 25.3 Å². The van der Waals surface area contributed by atoms with Gasteiger partial charge in [0, 0.05) is 20.9 Å². The van der Waals surface area contributed by atoms with E-state index < -0.39 is 0 Å². The summed E-state index contributed by atoms with van der Waals surface area (Å²) in [5.74, 6) is 0. The van der Waals surface area contributed by atoms with Crippen molar-refractivity contribution in [3.8, 4) is 43.1 Å². The molecule has 0 radical (unpaired) electrons. The molecule has 0 unspecified atom stereocenters. The van der Waals surface area contributed by atoms with Crippen molar-refractivity contribution in [3.63, 3.8) is 0 Å². The SMILES string of the molecule is COc1ccc(-c2cc(C#N)c(C#N)cc2-c2ccc(OC)s2)s1. The van der Waals surface area contributed by atoms with E-state index in [1.807, 2.05) is 24.3 Å². The molecular weight excluding hydrogens is 340 g/mol. The van der Waals surface area contributed by atoms with Gasteiger partial charge < -0.3 is 9.47 Å². The Balaban J connectivity index is 2.25. The Hall–Kier alpha value is -2.80. The number of benzene rings is 1. The summed E-state index contributed by atoms with van der Waals surface area (Å²) in [6.07, 6.45) is 0. The van der Waals surface area contributed by atoms with Crippen LogP contribution < -0.4 is 9.47 Å². The van der Waals surface area contributed by atoms with Crippen LogP contribution in [0.1, 0.15) is 11.1 Å². The van der Waals surface area contributed by atoms with Crippen LogP contribution in [-0.2, 0) is 0 Å². The molecule has 2 aromatic heterocycles. The second kappa shape index (κ2) is 6.76. The predicted octanol–water partition coefficient (Wildman–Crippen LogP) is 4.90. The van der Waals surface area contributed by atoms with Gasteiger partial charge in [-0.15, -0.1) is 0 Å². The molecule has 3 aromatic rings. The first kappa shape index (κ1) is 16.1. The molecule has 0 spiro atoms. The Morgan fingerprint density at radius 3 is 1.46 bits per heavy atom. The zero-order valence-corrected chi connectivity index (χ0v) is 14.6. The third-order valence-corrected chi connectivity index (χ3v) is 5.65. The molecule has 0 saturated carbocycles. The van der Waals surface area contributed by atoms with Gasteiger partial charge in [-0.1, -0.05) is 22.7 Å². The number of ether oxygens (including phenoxy) is 2. The molecule has 0 aliphatic rings. The fraction of sp³-hybridized carbons (Fsp3) is 0.111. The summed E-state index contributed by atoms with van der Waals surface area (Å²) >= 11 is 3.00. The fourth-order valence-electron chi connectivity index (χ4n) is 2.34. The van der Waals surface area contributed by atoms with E-state index in [2.05, 4.69) is 12.1 Å². The van der Waals surface area contributed by atoms with Gasteiger partial charge in [-0.05, 0) is 36.4 Å². The van der Waals surface area contributed by atoms with Crippen molar-refractivity contribution in [2.24, 2.45) is 0 Å². The third kappa shape index (κ3) is 2.85. The minimum Gasteiger partial charge on any atom is -0.487 e. The van der Waals surface area contributed by atoms with Crippen LogP contribution in [0.3, 0.4) is 0 Å². The number of nitriles is 2. The Labute approximate surface area is 147 Å². The van der Waals surface area contributed by atoms with Crippen LogP contribution in [0, 0.1) is 22.7 Å². The van der Waals surface area contributed by atoms with Crippen molar-refractivity contribution in [2.75, 3.05) is 14.2 Å². The van der Waals surface area contributed by atoms with Crippen molar-refractivity contribution in [1.29, 1.82) is 10.5 Å². The summed E-state index contributed by atoms with van der Waals surface area (Å²) in [6.45, 7) is 0. The molecule has 24 heavy (non-hydrogen) atoms. The molecule has 1 aromatic carbocycles. The molecule has 0 amide bonds. The highest BCUT2D eigenvalue weighted by Crippen LogP contribution is 2.43. The minimum atomic E-state index is 0.368. The second-order valence-corrected chi connectivity index (χ2v) is 6.91. The average Bonchev–Trinajstić information content (AvgIpc) is 3.29. The number of methoxy groups -OCH3 is 2. The number of hydrogen-bond donors (Lipinski definition) is 0. The summed E-state index contributed by atoms with van der Waals surface area (Å²) in [4.78, 5) is 1.96. The molecule has 118 valence electrons. The van der Waals surface area contributed by atoms with Crippen LogP contribution in [0.5, 0.6) is 10.1 Å². The molecule has 3 rings (SSSR count). The highest BCUT2D eigenvalue weighted by Gasteiger charge is 2.16. The second-order valence-electron chi connectivity index (χ2n) is 4.81. The van der Waals surface area contributed by atoms with Gasteiger partial charge in [0.1, 0.15) is 12.1 Å². The van der Waals surface area contributed by atoms with E-state index in [4.69, 9.17) is 9.47 Å². The normalized spacial score (nSPS) is 10.0. The van der Waals surface area contributed by atoms with E-state index in [-0.39, 0.29) is 0 Å². The van der Waals surface area contributed by atoms with Crippen LogP contribution >= 0.6 is 22.7 Å². The zero-order chi connectivity index (χ0) is 17.1. The lowest BCUT2D eigenvalue weighted by Crippen LogP contribution is -1.89. The van der Waals surface area contributed by atoms with E-state index in [0.29, 0.717) is 11.1 Å². The van der Waals surface area contributed by atoms with Gasteiger partial charge in [-0.25, -0.2) is 0 Å². The number of rotatable bonds is 4. The van der Waals surface area contributed by atoms with E-state index in [0.717, 1.165) is 31.0 Å². The van der Waals surface area contributed by atoms with Crippen molar-refractivity contribution >= 4 is 22.7 Å². The topological polar surface area (TPSA) is 66.0 Å². The lowest BCUT2D eigenvalue weighted by atomic mass is 9.97. The van der Waals surface area contributed by atoms with Gasteiger partial charge in [0.2, 0.25) is 0 Å². The molecule has 2 heterocycles.